The number of nitrogens with one attached hydrogen (secondary N) is 1. The summed E-state index contributed by atoms with van der Waals surface area (Å²) < 4.78 is 23.3. The number of fused-ring (bicyclic) bond motifs is 1. The molecular weight excluding hydrogens is 308 g/mol. The summed E-state index contributed by atoms with van der Waals surface area (Å²) in [5.74, 6) is 2.19. The van der Waals surface area contributed by atoms with E-state index in [1.54, 1.807) is 0 Å². The summed E-state index contributed by atoms with van der Waals surface area (Å²) in [6.07, 6.45) is 3.29. The molecule has 1 aliphatic carbocycles. The van der Waals surface area contributed by atoms with E-state index < -0.39 is 9.84 Å². The molecule has 1 N–H and O–H groups in total. The van der Waals surface area contributed by atoms with Gasteiger partial charge < -0.3 is 5.32 Å². The average Bonchev–Trinajstić information content (AvgIpc) is 3.17. The van der Waals surface area contributed by atoms with E-state index in [1.165, 1.54) is 24.9 Å². The van der Waals surface area contributed by atoms with Crippen LogP contribution in [0.1, 0.15) is 24.8 Å². The van der Waals surface area contributed by atoms with Gasteiger partial charge in [0.15, 0.2) is 9.84 Å². The second kappa shape index (κ2) is 6.19. The van der Waals surface area contributed by atoms with Crippen molar-refractivity contribution in [1.29, 1.82) is 0 Å². The molecule has 1 aromatic carbocycles. The number of benzene rings is 1. The lowest BCUT2D eigenvalue weighted by Gasteiger charge is -2.24. The smallest absolute Gasteiger partial charge is 0.151 e. The Morgan fingerprint density at radius 3 is 2.65 bits per heavy atom. The maximum Gasteiger partial charge on any atom is 0.151 e. The van der Waals surface area contributed by atoms with Crippen molar-refractivity contribution in [2.24, 2.45) is 11.8 Å². The van der Waals surface area contributed by atoms with E-state index in [2.05, 4.69) is 40.5 Å². The number of hydrogen-bond acceptors (Lipinski definition) is 4. The highest BCUT2D eigenvalue weighted by atomic mass is 32.2. The maximum atomic E-state index is 11.6. The number of likely N-dealkylation sites (tertiary alicyclic amines) is 1. The highest BCUT2D eigenvalue weighted by Crippen LogP contribution is 2.39. The van der Waals surface area contributed by atoms with E-state index in [1.807, 2.05) is 0 Å². The summed E-state index contributed by atoms with van der Waals surface area (Å²) in [6.45, 7) is 3.38. The van der Waals surface area contributed by atoms with Crippen molar-refractivity contribution in [2.75, 3.05) is 24.6 Å². The molecule has 1 saturated carbocycles. The van der Waals surface area contributed by atoms with Crippen molar-refractivity contribution in [3.63, 3.8) is 0 Å². The van der Waals surface area contributed by atoms with Crippen LogP contribution in [0.15, 0.2) is 30.3 Å². The lowest BCUT2D eigenvalue weighted by atomic mass is 9.97. The minimum Gasteiger partial charge on any atom is -0.310 e. The number of nitrogens with zero attached hydrogens (tertiary/aromatic N) is 1. The largest absolute Gasteiger partial charge is 0.310 e. The fourth-order valence-corrected chi connectivity index (χ4v) is 6.45. The molecule has 126 valence electrons. The number of hydrogen-bond donors (Lipinski definition) is 1. The third kappa shape index (κ3) is 3.47. The van der Waals surface area contributed by atoms with Gasteiger partial charge in [0, 0.05) is 31.7 Å². The molecule has 2 heterocycles. The summed E-state index contributed by atoms with van der Waals surface area (Å²) in [5.41, 5.74) is 1.39. The number of sulfone groups is 1. The molecule has 0 amide bonds. The second-order valence-electron chi connectivity index (χ2n) is 7.55. The molecule has 1 aromatic rings. The summed E-state index contributed by atoms with van der Waals surface area (Å²) in [5, 5.41) is 3.68. The van der Waals surface area contributed by atoms with Gasteiger partial charge in [-0.25, -0.2) is 8.42 Å². The Labute approximate surface area is 139 Å². The Morgan fingerprint density at radius 2 is 1.91 bits per heavy atom. The molecule has 0 radical (unpaired) electrons. The molecule has 0 bridgehead atoms. The first-order valence-corrected chi connectivity index (χ1v) is 10.6. The van der Waals surface area contributed by atoms with Gasteiger partial charge in [-0.3, -0.25) is 4.90 Å². The van der Waals surface area contributed by atoms with Crippen LogP contribution in [-0.4, -0.2) is 50.0 Å². The van der Waals surface area contributed by atoms with E-state index in [4.69, 9.17) is 0 Å². The Kier molecular flexibility index (Phi) is 4.20. The lowest BCUT2D eigenvalue weighted by Crippen LogP contribution is -2.42. The van der Waals surface area contributed by atoms with Crippen LogP contribution in [0.2, 0.25) is 0 Å². The van der Waals surface area contributed by atoms with E-state index >= 15 is 0 Å². The van der Waals surface area contributed by atoms with Crippen molar-refractivity contribution >= 4 is 9.84 Å². The molecule has 0 aromatic heterocycles. The van der Waals surface area contributed by atoms with Gasteiger partial charge in [0.25, 0.3) is 0 Å². The van der Waals surface area contributed by atoms with Gasteiger partial charge >= 0.3 is 0 Å². The van der Waals surface area contributed by atoms with Crippen molar-refractivity contribution in [3.05, 3.63) is 35.9 Å². The van der Waals surface area contributed by atoms with Crippen LogP contribution in [0.25, 0.3) is 0 Å². The Hall–Kier alpha value is -0.910. The first-order valence-electron chi connectivity index (χ1n) is 8.82. The third-order valence-electron chi connectivity index (χ3n) is 5.86. The maximum absolute atomic E-state index is 11.6. The summed E-state index contributed by atoms with van der Waals surface area (Å²) in [4.78, 5) is 2.57. The van der Waals surface area contributed by atoms with Crippen LogP contribution in [0.4, 0.5) is 0 Å². The monoisotopic (exact) mass is 334 g/mol. The summed E-state index contributed by atoms with van der Waals surface area (Å²) >= 11 is 0. The second-order valence-corrected chi connectivity index (χ2v) is 9.78. The molecule has 4 rings (SSSR count). The van der Waals surface area contributed by atoms with Crippen molar-refractivity contribution in [1.82, 2.24) is 10.2 Å². The van der Waals surface area contributed by atoms with E-state index in [9.17, 15) is 8.42 Å². The van der Waals surface area contributed by atoms with Crippen LogP contribution in [0.3, 0.4) is 0 Å². The first-order chi connectivity index (χ1) is 11.1. The highest BCUT2D eigenvalue weighted by molar-refractivity contribution is 7.91. The van der Waals surface area contributed by atoms with Crippen LogP contribution in [-0.2, 0) is 16.4 Å². The topological polar surface area (TPSA) is 49.4 Å². The highest BCUT2D eigenvalue weighted by Gasteiger charge is 2.43. The van der Waals surface area contributed by atoms with Gasteiger partial charge in [-0.05, 0) is 36.7 Å². The molecule has 4 atom stereocenters. The molecule has 4 nitrogen and oxygen atoms in total. The SMILES string of the molecule is O=S1(=O)CC[C@H](N[C@@H]2CC[C@H]3CN(Cc4ccccc4)C[C@H]32)C1. The normalized spacial score (nSPS) is 36.3. The van der Waals surface area contributed by atoms with Crippen LogP contribution in [0.5, 0.6) is 0 Å². The predicted molar refractivity (Wildman–Crippen MR) is 91.9 cm³/mol. The molecule has 3 aliphatic rings. The van der Waals surface area contributed by atoms with Gasteiger partial charge in [0.05, 0.1) is 11.5 Å². The Morgan fingerprint density at radius 1 is 1.09 bits per heavy atom. The first kappa shape index (κ1) is 15.6. The average molecular weight is 334 g/mol. The van der Waals surface area contributed by atoms with Gasteiger partial charge in [-0.15, -0.1) is 0 Å². The molecule has 23 heavy (non-hydrogen) atoms. The molecule has 3 fully saturated rings. The van der Waals surface area contributed by atoms with Gasteiger partial charge in [0.2, 0.25) is 0 Å². The van der Waals surface area contributed by atoms with Crippen LogP contribution >= 0.6 is 0 Å². The van der Waals surface area contributed by atoms with Gasteiger partial charge in [0.1, 0.15) is 0 Å². The third-order valence-corrected chi connectivity index (χ3v) is 7.63. The quantitative estimate of drug-likeness (QED) is 0.910. The van der Waals surface area contributed by atoms with Crippen LogP contribution in [0, 0.1) is 11.8 Å². The Balaban J connectivity index is 1.34. The molecule has 2 saturated heterocycles. The molecule has 5 heteroatoms. The van der Waals surface area contributed by atoms with E-state index in [0.717, 1.165) is 25.4 Å². The van der Waals surface area contributed by atoms with Gasteiger partial charge in [-0.1, -0.05) is 30.3 Å². The van der Waals surface area contributed by atoms with E-state index in [0.29, 0.717) is 23.5 Å². The fraction of sp³-hybridized carbons (Fsp3) is 0.667. The molecular formula is C18H26N2O2S. The molecule has 2 aliphatic heterocycles. The number of rotatable bonds is 4. The zero-order valence-corrected chi connectivity index (χ0v) is 14.3. The zero-order chi connectivity index (χ0) is 15.9. The minimum absolute atomic E-state index is 0.187. The summed E-state index contributed by atoms with van der Waals surface area (Å²) in [6, 6.07) is 11.4. The van der Waals surface area contributed by atoms with Crippen molar-refractivity contribution in [2.45, 2.75) is 37.9 Å². The Bertz CT molecular complexity index is 646. The minimum atomic E-state index is -2.78. The van der Waals surface area contributed by atoms with Crippen molar-refractivity contribution < 1.29 is 8.42 Å². The summed E-state index contributed by atoms with van der Waals surface area (Å²) in [7, 11) is -2.78. The molecule has 0 spiro atoms. The van der Waals surface area contributed by atoms with Gasteiger partial charge in [-0.2, -0.15) is 0 Å². The predicted octanol–water partition coefficient (Wildman–Crippen LogP) is 1.67. The fourth-order valence-electron chi connectivity index (χ4n) is 4.76. The zero-order valence-electron chi connectivity index (χ0n) is 13.5. The molecule has 0 unspecified atom stereocenters. The standard InChI is InChI=1S/C18H26N2O2S/c21-23(22)9-8-16(13-23)19-18-7-6-15-11-20(12-17(15)18)10-14-4-2-1-3-5-14/h1-5,15-19H,6-13H2/t15-,16-,17+,18+/m0/s1. The van der Waals surface area contributed by atoms with Crippen LogP contribution < -0.4 is 5.32 Å². The lowest BCUT2D eigenvalue weighted by molar-refractivity contribution is 0.283. The van der Waals surface area contributed by atoms with Crippen molar-refractivity contribution in [3.8, 4) is 0 Å². The van der Waals surface area contributed by atoms with E-state index in [-0.39, 0.29) is 6.04 Å².